The highest BCUT2D eigenvalue weighted by atomic mass is 79.9. The van der Waals surface area contributed by atoms with Crippen LogP contribution in [0.4, 0.5) is 0 Å². The Morgan fingerprint density at radius 1 is 1.31 bits per heavy atom. The van der Waals surface area contributed by atoms with Crippen LogP contribution in [0.2, 0.25) is 5.02 Å². The highest BCUT2D eigenvalue weighted by Crippen LogP contribution is 2.23. The van der Waals surface area contributed by atoms with Crippen LogP contribution in [-0.2, 0) is 5.33 Å². The van der Waals surface area contributed by atoms with Crippen LogP contribution in [0.5, 0.6) is 0 Å². The summed E-state index contributed by atoms with van der Waals surface area (Å²) in [7, 11) is 0. The molecule has 0 saturated heterocycles. The lowest BCUT2D eigenvalue weighted by Crippen LogP contribution is -1.99. The molecule has 2 aromatic rings. The molecule has 0 aliphatic heterocycles. The van der Waals surface area contributed by atoms with Crippen molar-refractivity contribution in [3.8, 4) is 5.69 Å². The fourth-order valence-electron chi connectivity index (χ4n) is 1.67. The van der Waals surface area contributed by atoms with Gasteiger partial charge in [-0.25, -0.2) is 4.68 Å². The van der Waals surface area contributed by atoms with Gasteiger partial charge in [-0.15, -0.1) is 0 Å². The molecule has 4 heteroatoms. The van der Waals surface area contributed by atoms with Gasteiger partial charge in [0.25, 0.3) is 0 Å². The number of benzene rings is 1. The Morgan fingerprint density at radius 2 is 2.06 bits per heavy atom. The summed E-state index contributed by atoms with van der Waals surface area (Å²) in [6.07, 6.45) is 0. The molecular weight excluding hydrogens is 288 g/mol. The van der Waals surface area contributed by atoms with Gasteiger partial charge >= 0.3 is 0 Å². The number of aromatic nitrogens is 2. The molecule has 0 atom stereocenters. The number of rotatable bonds is 2. The summed E-state index contributed by atoms with van der Waals surface area (Å²) in [6.45, 7) is 4.02. The van der Waals surface area contributed by atoms with Crippen LogP contribution in [0.15, 0.2) is 24.3 Å². The van der Waals surface area contributed by atoms with Crippen molar-refractivity contribution in [3.05, 3.63) is 46.2 Å². The normalized spacial score (nSPS) is 10.8. The molecule has 0 aliphatic carbocycles. The topological polar surface area (TPSA) is 17.8 Å². The Kier molecular flexibility index (Phi) is 3.36. The van der Waals surface area contributed by atoms with E-state index in [4.69, 9.17) is 11.6 Å². The van der Waals surface area contributed by atoms with E-state index in [1.807, 2.05) is 42.8 Å². The zero-order valence-electron chi connectivity index (χ0n) is 9.17. The van der Waals surface area contributed by atoms with E-state index < -0.39 is 0 Å². The fourth-order valence-corrected chi connectivity index (χ4v) is 2.56. The van der Waals surface area contributed by atoms with Gasteiger partial charge in [0.2, 0.25) is 0 Å². The van der Waals surface area contributed by atoms with Crippen molar-refractivity contribution in [2.75, 3.05) is 0 Å². The Bertz CT molecular complexity index is 520. The second-order valence-electron chi connectivity index (χ2n) is 3.75. The largest absolute Gasteiger partial charge is 0.238 e. The first-order chi connectivity index (χ1) is 7.61. The van der Waals surface area contributed by atoms with Crippen LogP contribution in [-0.4, -0.2) is 9.78 Å². The van der Waals surface area contributed by atoms with Crippen molar-refractivity contribution in [1.29, 1.82) is 0 Å². The highest BCUT2D eigenvalue weighted by molar-refractivity contribution is 9.08. The molecule has 0 spiro atoms. The molecule has 0 aliphatic rings. The van der Waals surface area contributed by atoms with Crippen molar-refractivity contribution in [2.24, 2.45) is 0 Å². The molecule has 16 heavy (non-hydrogen) atoms. The molecule has 0 unspecified atom stereocenters. The molecule has 0 amide bonds. The van der Waals surface area contributed by atoms with Crippen LogP contribution in [0.25, 0.3) is 5.69 Å². The average Bonchev–Trinajstić information content (AvgIpc) is 2.58. The Morgan fingerprint density at radius 3 is 2.56 bits per heavy atom. The van der Waals surface area contributed by atoms with Gasteiger partial charge in [0.1, 0.15) is 0 Å². The third-order valence-corrected chi connectivity index (χ3v) is 3.39. The summed E-state index contributed by atoms with van der Waals surface area (Å²) in [4.78, 5) is 0. The van der Waals surface area contributed by atoms with E-state index in [2.05, 4.69) is 21.0 Å². The van der Waals surface area contributed by atoms with Crippen molar-refractivity contribution in [3.63, 3.8) is 0 Å². The molecule has 2 rings (SSSR count). The second kappa shape index (κ2) is 4.60. The van der Waals surface area contributed by atoms with Crippen molar-refractivity contribution < 1.29 is 0 Å². The first-order valence-electron chi connectivity index (χ1n) is 5.00. The Labute approximate surface area is 108 Å². The van der Waals surface area contributed by atoms with Crippen LogP contribution in [0.1, 0.15) is 17.0 Å². The van der Waals surface area contributed by atoms with E-state index in [0.717, 1.165) is 33.0 Å². The monoisotopic (exact) mass is 298 g/mol. The van der Waals surface area contributed by atoms with Crippen LogP contribution < -0.4 is 0 Å². The number of aryl methyl sites for hydroxylation is 2. The van der Waals surface area contributed by atoms with Gasteiger partial charge in [0.15, 0.2) is 0 Å². The molecular formula is C12H12BrClN2. The van der Waals surface area contributed by atoms with Gasteiger partial charge in [-0.2, -0.15) is 5.10 Å². The standard InChI is InChI=1S/C12H12BrClN2/c1-8-5-9(2)16(15-8)11-4-3-10(7-13)12(14)6-11/h3-6H,7H2,1-2H3. The van der Waals surface area contributed by atoms with E-state index in [0.29, 0.717) is 0 Å². The molecule has 0 N–H and O–H groups in total. The molecule has 0 radical (unpaired) electrons. The molecule has 0 bridgehead atoms. The van der Waals surface area contributed by atoms with Crippen molar-refractivity contribution in [1.82, 2.24) is 9.78 Å². The summed E-state index contributed by atoms with van der Waals surface area (Å²) >= 11 is 9.57. The summed E-state index contributed by atoms with van der Waals surface area (Å²) in [5, 5.41) is 5.96. The van der Waals surface area contributed by atoms with E-state index in [-0.39, 0.29) is 0 Å². The molecule has 2 nitrogen and oxygen atoms in total. The number of nitrogens with zero attached hydrogens (tertiary/aromatic N) is 2. The second-order valence-corrected chi connectivity index (χ2v) is 4.72. The molecule has 0 fully saturated rings. The quantitative estimate of drug-likeness (QED) is 0.765. The number of alkyl halides is 1. The summed E-state index contributed by atoms with van der Waals surface area (Å²) in [5.41, 5.74) is 4.21. The predicted octanol–water partition coefficient (Wildman–Crippen LogP) is 4.04. The molecule has 84 valence electrons. The first-order valence-corrected chi connectivity index (χ1v) is 6.50. The van der Waals surface area contributed by atoms with Crippen LogP contribution in [0.3, 0.4) is 0 Å². The molecule has 1 aromatic carbocycles. The van der Waals surface area contributed by atoms with Crippen molar-refractivity contribution in [2.45, 2.75) is 19.2 Å². The maximum Gasteiger partial charge on any atom is 0.0663 e. The minimum Gasteiger partial charge on any atom is -0.238 e. The third kappa shape index (κ3) is 2.15. The fraction of sp³-hybridized carbons (Fsp3) is 0.250. The lowest BCUT2D eigenvalue weighted by molar-refractivity contribution is 0.833. The zero-order valence-corrected chi connectivity index (χ0v) is 11.5. The lowest BCUT2D eigenvalue weighted by Gasteiger charge is -2.07. The first kappa shape index (κ1) is 11.7. The Hall–Kier alpha value is -0.800. The minimum absolute atomic E-state index is 0.766. The van der Waals surface area contributed by atoms with E-state index in [1.165, 1.54) is 0 Å². The maximum atomic E-state index is 6.17. The predicted molar refractivity (Wildman–Crippen MR) is 70.7 cm³/mol. The van der Waals surface area contributed by atoms with Gasteiger partial charge in [-0.05, 0) is 37.6 Å². The van der Waals surface area contributed by atoms with Crippen LogP contribution >= 0.6 is 27.5 Å². The van der Waals surface area contributed by atoms with Gasteiger partial charge in [0, 0.05) is 16.0 Å². The van der Waals surface area contributed by atoms with Gasteiger partial charge in [-0.1, -0.05) is 33.6 Å². The third-order valence-electron chi connectivity index (χ3n) is 2.43. The van der Waals surface area contributed by atoms with Gasteiger partial charge < -0.3 is 0 Å². The zero-order chi connectivity index (χ0) is 11.7. The van der Waals surface area contributed by atoms with E-state index >= 15 is 0 Å². The number of halogens is 2. The van der Waals surface area contributed by atoms with E-state index in [9.17, 15) is 0 Å². The van der Waals surface area contributed by atoms with Gasteiger partial charge in [-0.3, -0.25) is 0 Å². The molecule has 1 aromatic heterocycles. The number of hydrogen-bond donors (Lipinski definition) is 0. The summed E-state index contributed by atoms with van der Waals surface area (Å²) < 4.78 is 1.90. The summed E-state index contributed by atoms with van der Waals surface area (Å²) in [5.74, 6) is 0. The summed E-state index contributed by atoms with van der Waals surface area (Å²) in [6, 6.07) is 8.04. The molecule has 1 heterocycles. The number of hydrogen-bond acceptors (Lipinski definition) is 1. The van der Waals surface area contributed by atoms with Crippen LogP contribution in [0, 0.1) is 13.8 Å². The highest BCUT2D eigenvalue weighted by Gasteiger charge is 2.06. The average molecular weight is 300 g/mol. The Balaban J connectivity index is 2.49. The lowest BCUT2D eigenvalue weighted by atomic mass is 10.2. The van der Waals surface area contributed by atoms with E-state index in [1.54, 1.807) is 0 Å². The SMILES string of the molecule is Cc1cc(C)n(-c2ccc(CBr)c(Cl)c2)n1. The minimum atomic E-state index is 0.766. The smallest absolute Gasteiger partial charge is 0.0663 e. The van der Waals surface area contributed by atoms with Gasteiger partial charge in [0.05, 0.1) is 11.4 Å². The van der Waals surface area contributed by atoms with Crippen molar-refractivity contribution >= 4 is 27.5 Å². The maximum absolute atomic E-state index is 6.17. The molecule has 0 saturated carbocycles.